The molecule has 1 aromatic carbocycles. The highest BCUT2D eigenvalue weighted by Gasteiger charge is 2.09. The molecule has 1 heterocycles. The molecule has 96 valence electrons. The number of thiazole rings is 1. The smallest absolute Gasteiger partial charge is 0.185 e. The van der Waals surface area contributed by atoms with E-state index in [1.165, 1.54) is 5.56 Å². The number of nitrogens with zero attached hydrogens (tertiary/aromatic N) is 2. The topological polar surface area (TPSA) is 42.1 Å². The zero-order valence-corrected chi connectivity index (χ0v) is 11.7. The molecule has 4 heteroatoms. The van der Waals surface area contributed by atoms with Crippen LogP contribution in [0.2, 0.25) is 0 Å². The molecule has 2 rings (SSSR count). The summed E-state index contributed by atoms with van der Waals surface area (Å²) in [5, 5.41) is 1.04. The standard InChI is InChI=1S/C14H19N3S/c1-11(15)13-10-16-14(18-13)17(2)9-8-12-6-4-3-5-7-12/h3-7,10-11H,8-9,15H2,1-2H3. The van der Waals surface area contributed by atoms with E-state index < -0.39 is 0 Å². The Balaban J connectivity index is 1.93. The number of aromatic nitrogens is 1. The van der Waals surface area contributed by atoms with Crippen LogP contribution in [-0.4, -0.2) is 18.6 Å². The summed E-state index contributed by atoms with van der Waals surface area (Å²) >= 11 is 1.67. The van der Waals surface area contributed by atoms with Crippen LogP contribution in [0.15, 0.2) is 36.5 Å². The van der Waals surface area contributed by atoms with Crippen molar-refractivity contribution in [2.75, 3.05) is 18.5 Å². The van der Waals surface area contributed by atoms with Gasteiger partial charge in [0.1, 0.15) is 0 Å². The Labute approximate surface area is 112 Å². The van der Waals surface area contributed by atoms with E-state index in [-0.39, 0.29) is 6.04 Å². The number of likely N-dealkylation sites (N-methyl/N-ethyl adjacent to an activating group) is 1. The van der Waals surface area contributed by atoms with Gasteiger partial charge in [0.15, 0.2) is 5.13 Å². The van der Waals surface area contributed by atoms with Crippen LogP contribution in [0.1, 0.15) is 23.4 Å². The van der Waals surface area contributed by atoms with Crippen molar-refractivity contribution in [2.24, 2.45) is 5.73 Å². The molecule has 0 aliphatic heterocycles. The fourth-order valence-corrected chi connectivity index (χ4v) is 2.56. The van der Waals surface area contributed by atoms with Gasteiger partial charge >= 0.3 is 0 Å². The number of benzene rings is 1. The maximum absolute atomic E-state index is 5.84. The molecule has 0 saturated heterocycles. The van der Waals surface area contributed by atoms with Gasteiger partial charge < -0.3 is 10.6 Å². The van der Waals surface area contributed by atoms with Crippen LogP contribution < -0.4 is 10.6 Å². The third-order valence-electron chi connectivity index (χ3n) is 2.87. The van der Waals surface area contributed by atoms with Crippen molar-refractivity contribution in [2.45, 2.75) is 19.4 Å². The average molecular weight is 261 g/mol. The van der Waals surface area contributed by atoms with Crippen LogP contribution in [0.25, 0.3) is 0 Å². The first-order chi connectivity index (χ1) is 8.66. The summed E-state index contributed by atoms with van der Waals surface area (Å²) in [4.78, 5) is 7.73. The molecule has 0 aliphatic rings. The van der Waals surface area contributed by atoms with Crippen LogP contribution in [0.5, 0.6) is 0 Å². The van der Waals surface area contributed by atoms with Gasteiger partial charge in [-0.2, -0.15) is 0 Å². The molecule has 2 N–H and O–H groups in total. The highest BCUT2D eigenvalue weighted by atomic mass is 32.1. The van der Waals surface area contributed by atoms with Crippen molar-refractivity contribution in [3.05, 3.63) is 47.0 Å². The van der Waals surface area contributed by atoms with E-state index in [0.29, 0.717) is 0 Å². The molecule has 0 saturated carbocycles. The van der Waals surface area contributed by atoms with Crippen LogP contribution in [-0.2, 0) is 6.42 Å². The van der Waals surface area contributed by atoms with E-state index in [1.807, 2.05) is 19.2 Å². The van der Waals surface area contributed by atoms with Crippen LogP contribution in [0, 0.1) is 0 Å². The van der Waals surface area contributed by atoms with Gasteiger partial charge in [0.2, 0.25) is 0 Å². The molecule has 1 atom stereocenters. The molecule has 0 amide bonds. The summed E-state index contributed by atoms with van der Waals surface area (Å²) < 4.78 is 0. The van der Waals surface area contributed by atoms with E-state index in [2.05, 4.69) is 41.2 Å². The quantitative estimate of drug-likeness (QED) is 0.900. The molecule has 18 heavy (non-hydrogen) atoms. The zero-order chi connectivity index (χ0) is 13.0. The number of rotatable bonds is 5. The molecular weight excluding hydrogens is 242 g/mol. The molecule has 0 aliphatic carbocycles. The predicted molar refractivity (Wildman–Crippen MR) is 78.1 cm³/mol. The molecule has 3 nitrogen and oxygen atoms in total. The Hall–Kier alpha value is -1.39. The van der Waals surface area contributed by atoms with E-state index >= 15 is 0 Å². The van der Waals surface area contributed by atoms with E-state index in [0.717, 1.165) is 23.0 Å². The lowest BCUT2D eigenvalue weighted by Gasteiger charge is -2.15. The van der Waals surface area contributed by atoms with Crippen molar-refractivity contribution in [3.8, 4) is 0 Å². The molecular formula is C14H19N3S. The van der Waals surface area contributed by atoms with Gasteiger partial charge in [-0.1, -0.05) is 30.3 Å². The van der Waals surface area contributed by atoms with Gasteiger partial charge in [0.25, 0.3) is 0 Å². The average Bonchev–Trinajstić information content (AvgIpc) is 2.87. The third-order valence-corrected chi connectivity index (χ3v) is 4.18. The van der Waals surface area contributed by atoms with Crippen LogP contribution >= 0.6 is 11.3 Å². The van der Waals surface area contributed by atoms with Crippen molar-refractivity contribution in [3.63, 3.8) is 0 Å². The van der Waals surface area contributed by atoms with Crippen LogP contribution in [0.3, 0.4) is 0 Å². The van der Waals surface area contributed by atoms with E-state index in [4.69, 9.17) is 5.73 Å². The molecule has 1 aromatic heterocycles. The second kappa shape index (κ2) is 5.98. The Morgan fingerprint density at radius 1 is 1.33 bits per heavy atom. The van der Waals surface area contributed by atoms with Gasteiger partial charge in [-0.25, -0.2) is 4.98 Å². The summed E-state index contributed by atoms with van der Waals surface area (Å²) in [5.74, 6) is 0. The summed E-state index contributed by atoms with van der Waals surface area (Å²) in [5.41, 5.74) is 7.20. The lowest BCUT2D eigenvalue weighted by Crippen LogP contribution is -2.19. The third kappa shape index (κ3) is 3.31. The zero-order valence-electron chi connectivity index (χ0n) is 10.8. The highest BCUT2D eigenvalue weighted by molar-refractivity contribution is 7.15. The number of hydrogen-bond donors (Lipinski definition) is 1. The van der Waals surface area contributed by atoms with Crippen molar-refractivity contribution in [1.29, 1.82) is 0 Å². The molecule has 0 bridgehead atoms. The summed E-state index contributed by atoms with van der Waals surface area (Å²) in [7, 11) is 2.08. The lowest BCUT2D eigenvalue weighted by molar-refractivity contribution is 0.834. The fraction of sp³-hybridized carbons (Fsp3) is 0.357. The molecule has 0 spiro atoms. The minimum atomic E-state index is 0.0683. The number of hydrogen-bond acceptors (Lipinski definition) is 4. The second-order valence-corrected chi connectivity index (χ2v) is 5.53. The lowest BCUT2D eigenvalue weighted by atomic mass is 10.1. The largest absolute Gasteiger partial charge is 0.351 e. The highest BCUT2D eigenvalue weighted by Crippen LogP contribution is 2.25. The predicted octanol–water partition coefficient (Wildman–Crippen LogP) is 2.84. The number of nitrogens with two attached hydrogens (primary N) is 1. The first-order valence-corrected chi connectivity index (χ1v) is 6.95. The molecule has 2 aromatic rings. The minimum absolute atomic E-state index is 0.0683. The van der Waals surface area contributed by atoms with Crippen LogP contribution in [0.4, 0.5) is 5.13 Å². The summed E-state index contributed by atoms with van der Waals surface area (Å²) in [6, 6.07) is 10.6. The van der Waals surface area contributed by atoms with E-state index in [9.17, 15) is 0 Å². The minimum Gasteiger partial charge on any atom is -0.351 e. The Morgan fingerprint density at radius 3 is 2.67 bits per heavy atom. The normalized spacial score (nSPS) is 12.4. The van der Waals surface area contributed by atoms with Gasteiger partial charge in [0.05, 0.1) is 0 Å². The van der Waals surface area contributed by atoms with Gasteiger partial charge in [-0.3, -0.25) is 0 Å². The van der Waals surface area contributed by atoms with Gasteiger partial charge in [0, 0.05) is 30.7 Å². The van der Waals surface area contributed by atoms with Gasteiger partial charge in [-0.05, 0) is 18.9 Å². The fourth-order valence-electron chi connectivity index (χ4n) is 1.70. The van der Waals surface area contributed by atoms with Crippen molar-refractivity contribution >= 4 is 16.5 Å². The van der Waals surface area contributed by atoms with Gasteiger partial charge in [-0.15, -0.1) is 11.3 Å². The summed E-state index contributed by atoms with van der Waals surface area (Å²) in [6.45, 7) is 2.96. The Morgan fingerprint density at radius 2 is 2.06 bits per heavy atom. The van der Waals surface area contributed by atoms with Crippen molar-refractivity contribution in [1.82, 2.24) is 4.98 Å². The summed E-state index contributed by atoms with van der Waals surface area (Å²) in [6.07, 6.45) is 2.91. The monoisotopic (exact) mass is 261 g/mol. The maximum Gasteiger partial charge on any atom is 0.185 e. The van der Waals surface area contributed by atoms with E-state index in [1.54, 1.807) is 11.3 Å². The van der Waals surface area contributed by atoms with Crippen molar-refractivity contribution < 1.29 is 0 Å². The Bertz CT molecular complexity index is 479. The molecule has 0 fully saturated rings. The SMILES string of the molecule is CC(N)c1cnc(N(C)CCc2ccccc2)s1. The Kier molecular flexibility index (Phi) is 4.33. The first-order valence-electron chi connectivity index (χ1n) is 6.13. The second-order valence-electron chi connectivity index (χ2n) is 4.49. The maximum atomic E-state index is 5.84. The first kappa shape index (κ1) is 13.1. The number of anilines is 1. The molecule has 0 radical (unpaired) electrons. The molecule has 1 unspecified atom stereocenters.